The van der Waals surface area contributed by atoms with Gasteiger partial charge in [0.1, 0.15) is 5.78 Å². The number of carbonyl (C=O) groups excluding carboxylic acids is 1. The number of carboxylic acids is 1. The number of hydrogen-bond acceptors (Lipinski definition) is 3. The molecule has 1 rings (SSSR count). The molecule has 0 aromatic carbocycles. The molecule has 0 amide bonds. The summed E-state index contributed by atoms with van der Waals surface area (Å²) in [5.41, 5.74) is 0. The Kier molecular flexibility index (Phi) is 10.4. The van der Waals surface area contributed by atoms with E-state index in [4.69, 9.17) is 5.11 Å². The van der Waals surface area contributed by atoms with E-state index < -0.39 is 12.1 Å². The van der Waals surface area contributed by atoms with Gasteiger partial charge in [0.15, 0.2) is 0 Å². The summed E-state index contributed by atoms with van der Waals surface area (Å²) in [5, 5.41) is 18.7. The first-order valence-electron chi connectivity index (χ1n) is 9.71. The maximum atomic E-state index is 12.3. The van der Waals surface area contributed by atoms with Crippen LogP contribution >= 0.6 is 0 Å². The predicted molar refractivity (Wildman–Crippen MR) is 100 cm³/mol. The van der Waals surface area contributed by atoms with E-state index in [1.807, 2.05) is 18.2 Å². The van der Waals surface area contributed by atoms with Crippen LogP contribution in [0.1, 0.15) is 71.6 Å². The summed E-state index contributed by atoms with van der Waals surface area (Å²) in [6, 6.07) is 0. The minimum atomic E-state index is -0.768. The number of allylic oxidation sites excluding steroid dienone is 3. The number of ketones is 1. The Morgan fingerprint density at radius 3 is 2.72 bits per heavy atom. The highest BCUT2D eigenvalue weighted by Crippen LogP contribution is 2.37. The summed E-state index contributed by atoms with van der Waals surface area (Å²) in [4.78, 5) is 22.7. The number of carboxylic acid groups (broad SMARTS) is 1. The minimum Gasteiger partial charge on any atom is -0.481 e. The molecule has 4 heteroatoms. The molecule has 0 aliphatic heterocycles. The summed E-state index contributed by atoms with van der Waals surface area (Å²) in [7, 11) is 0. The van der Waals surface area contributed by atoms with Crippen LogP contribution in [-0.2, 0) is 9.59 Å². The molecular formula is C21H34O4. The minimum absolute atomic E-state index is 0.00943. The van der Waals surface area contributed by atoms with Gasteiger partial charge in [-0.2, -0.15) is 0 Å². The molecule has 0 saturated heterocycles. The average molecular weight is 350 g/mol. The monoisotopic (exact) mass is 350 g/mol. The number of Topliss-reactive ketones (excluding diaryl/α,β-unsaturated/α-hetero) is 1. The fourth-order valence-electron chi connectivity index (χ4n) is 3.52. The topological polar surface area (TPSA) is 74.6 Å². The molecule has 25 heavy (non-hydrogen) atoms. The molecule has 1 saturated carbocycles. The number of unbranched alkanes of at least 4 members (excludes halogenated alkanes) is 3. The Bertz CT molecular complexity index is 467. The molecule has 1 unspecified atom stereocenters. The van der Waals surface area contributed by atoms with Crippen LogP contribution in [0.5, 0.6) is 0 Å². The second kappa shape index (κ2) is 12.0. The fraction of sp³-hybridized carbons (Fsp3) is 0.714. The van der Waals surface area contributed by atoms with Gasteiger partial charge >= 0.3 is 5.97 Å². The molecule has 1 aliphatic carbocycles. The summed E-state index contributed by atoms with van der Waals surface area (Å²) < 4.78 is 0. The summed E-state index contributed by atoms with van der Waals surface area (Å²) in [5.74, 6) is 0.0347. The Hall–Kier alpha value is -1.42. The van der Waals surface area contributed by atoms with Gasteiger partial charge in [-0.05, 0) is 37.5 Å². The van der Waals surface area contributed by atoms with Crippen LogP contribution in [0.4, 0.5) is 0 Å². The van der Waals surface area contributed by atoms with Crippen molar-refractivity contribution in [2.75, 3.05) is 0 Å². The Balaban J connectivity index is 2.48. The van der Waals surface area contributed by atoms with E-state index in [1.165, 1.54) is 0 Å². The Morgan fingerprint density at radius 2 is 2.04 bits per heavy atom. The van der Waals surface area contributed by atoms with Crippen molar-refractivity contribution in [1.82, 2.24) is 0 Å². The lowest BCUT2D eigenvalue weighted by Crippen LogP contribution is -2.15. The highest BCUT2D eigenvalue weighted by Gasteiger charge is 2.37. The van der Waals surface area contributed by atoms with E-state index in [1.54, 1.807) is 0 Å². The first kappa shape index (κ1) is 21.6. The second-order valence-electron chi connectivity index (χ2n) is 7.27. The van der Waals surface area contributed by atoms with E-state index in [0.717, 1.165) is 32.1 Å². The van der Waals surface area contributed by atoms with Crippen LogP contribution < -0.4 is 0 Å². The molecule has 1 aliphatic rings. The van der Waals surface area contributed by atoms with Crippen molar-refractivity contribution in [3.63, 3.8) is 0 Å². The molecule has 4 nitrogen and oxygen atoms in total. The van der Waals surface area contributed by atoms with E-state index in [2.05, 4.69) is 19.9 Å². The van der Waals surface area contributed by atoms with Gasteiger partial charge in [0, 0.05) is 18.8 Å². The Morgan fingerprint density at radius 1 is 1.28 bits per heavy atom. The molecule has 0 spiro atoms. The number of aliphatic hydroxyl groups excluding tert-OH is 1. The van der Waals surface area contributed by atoms with Crippen molar-refractivity contribution in [2.45, 2.75) is 77.7 Å². The van der Waals surface area contributed by atoms with Crippen molar-refractivity contribution in [3.8, 4) is 0 Å². The number of carbonyl (C=O) groups is 2. The maximum Gasteiger partial charge on any atom is 0.303 e. The van der Waals surface area contributed by atoms with E-state index in [9.17, 15) is 14.7 Å². The van der Waals surface area contributed by atoms with Crippen molar-refractivity contribution >= 4 is 11.8 Å². The van der Waals surface area contributed by atoms with Crippen LogP contribution in [0, 0.1) is 17.8 Å². The third-order valence-corrected chi connectivity index (χ3v) is 5.04. The normalized spacial score (nSPS) is 25.2. The zero-order valence-electron chi connectivity index (χ0n) is 15.7. The number of aliphatic hydroxyl groups is 1. The second-order valence-corrected chi connectivity index (χ2v) is 7.27. The average Bonchev–Trinajstić information content (AvgIpc) is 2.82. The third kappa shape index (κ3) is 8.48. The first-order valence-corrected chi connectivity index (χ1v) is 9.71. The lowest BCUT2D eigenvalue weighted by molar-refractivity contribution is -0.137. The fourth-order valence-corrected chi connectivity index (χ4v) is 3.52. The SMILES string of the molecule is CCCCC[C@H](O)/C=C/[C@H]1C(C)CC(=O)[C@@H]1C/C=C\CCCC(=O)O. The third-order valence-electron chi connectivity index (χ3n) is 5.04. The van der Waals surface area contributed by atoms with Crippen LogP contribution in [0.15, 0.2) is 24.3 Å². The van der Waals surface area contributed by atoms with Crippen LogP contribution in [0.2, 0.25) is 0 Å². The van der Waals surface area contributed by atoms with Gasteiger partial charge in [0.2, 0.25) is 0 Å². The zero-order chi connectivity index (χ0) is 18.7. The molecule has 4 atom stereocenters. The summed E-state index contributed by atoms with van der Waals surface area (Å²) in [6.45, 7) is 4.25. The van der Waals surface area contributed by atoms with E-state index >= 15 is 0 Å². The van der Waals surface area contributed by atoms with Gasteiger partial charge < -0.3 is 10.2 Å². The highest BCUT2D eigenvalue weighted by atomic mass is 16.4. The van der Waals surface area contributed by atoms with Crippen molar-refractivity contribution in [2.24, 2.45) is 17.8 Å². The van der Waals surface area contributed by atoms with E-state index in [0.29, 0.717) is 31.0 Å². The smallest absolute Gasteiger partial charge is 0.303 e. The lowest BCUT2D eigenvalue weighted by Gasteiger charge is -2.17. The standard InChI is InChI=1S/C21H34O4/c1-3-4-7-10-17(22)13-14-18-16(2)15-20(23)19(18)11-8-5-6-9-12-21(24)25/h5,8,13-14,16-19,22H,3-4,6-7,9-12,15H2,1-2H3,(H,24,25)/b8-5-,14-13+/t16?,17-,18-,19+/m0/s1. The van der Waals surface area contributed by atoms with Crippen molar-refractivity contribution < 1.29 is 19.8 Å². The predicted octanol–water partition coefficient (Wildman–Crippen LogP) is 4.53. The molecule has 0 heterocycles. The molecule has 0 aromatic heterocycles. The Labute approximate surface area is 152 Å². The molecule has 1 fully saturated rings. The van der Waals surface area contributed by atoms with Gasteiger partial charge in [0.25, 0.3) is 0 Å². The van der Waals surface area contributed by atoms with Gasteiger partial charge in [0.05, 0.1) is 6.10 Å². The summed E-state index contributed by atoms with van der Waals surface area (Å²) in [6.07, 6.45) is 14.5. The van der Waals surface area contributed by atoms with Crippen LogP contribution in [0.25, 0.3) is 0 Å². The van der Waals surface area contributed by atoms with Crippen molar-refractivity contribution in [3.05, 3.63) is 24.3 Å². The number of rotatable bonds is 12. The zero-order valence-corrected chi connectivity index (χ0v) is 15.7. The number of hydrogen-bond donors (Lipinski definition) is 2. The quantitative estimate of drug-likeness (QED) is 0.401. The van der Waals surface area contributed by atoms with E-state index in [-0.39, 0.29) is 18.3 Å². The number of aliphatic carboxylic acids is 1. The van der Waals surface area contributed by atoms with Crippen LogP contribution in [0.3, 0.4) is 0 Å². The van der Waals surface area contributed by atoms with Gasteiger partial charge in [-0.1, -0.05) is 57.4 Å². The van der Waals surface area contributed by atoms with Gasteiger partial charge in [-0.25, -0.2) is 0 Å². The first-order chi connectivity index (χ1) is 12.0. The molecule has 0 bridgehead atoms. The molecule has 0 radical (unpaired) electrons. The summed E-state index contributed by atoms with van der Waals surface area (Å²) >= 11 is 0. The largest absolute Gasteiger partial charge is 0.481 e. The van der Waals surface area contributed by atoms with Gasteiger partial charge in [-0.15, -0.1) is 0 Å². The molecule has 142 valence electrons. The molecule has 2 N–H and O–H groups in total. The molecule has 0 aromatic rings. The lowest BCUT2D eigenvalue weighted by atomic mass is 9.87. The maximum absolute atomic E-state index is 12.3. The van der Waals surface area contributed by atoms with Crippen molar-refractivity contribution in [1.29, 1.82) is 0 Å². The van der Waals surface area contributed by atoms with Crippen LogP contribution in [-0.4, -0.2) is 28.1 Å². The molecular weight excluding hydrogens is 316 g/mol. The highest BCUT2D eigenvalue weighted by molar-refractivity contribution is 5.84. The van der Waals surface area contributed by atoms with Gasteiger partial charge in [-0.3, -0.25) is 9.59 Å².